The molecule has 168 valence electrons. The van der Waals surface area contributed by atoms with Crippen LogP contribution in [-0.4, -0.2) is 61.8 Å². The highest BCUT2D eigenvalue weighted by molar-refractivity contribution is 7.90. The van der Waals surface area contributed by atoms with Gasteiger partial charge in [-0.25, -0.2) is 8.42 Å². The van der Waals surface area contributed by atoms with Crippen molar-refractivity contribution in [2.75, 3.05) is 32.6 Å². The van der Waals surface area contributed by atoms with Crippen LogP contribution >= 0.6 is 0 Å². The lowest BCUT2D eigenvalue weighted by Crippen LogP contribution is -2.41. The maximum Gasteiger partial charge on any atom is 0.272 e. The number of rotatable bonds is 4. The molecule has 0 atom stereocenters. The fourth-order valence-electron chi connectivity index (χ4n) is 3.82. The van der Waals surface area contributed by atoms with Crippen LogP contribution in [-0.2, 0) is 14.6 Å². The van der Waals surface area contributed by atoms with Crippen LogP contribution in [0.15, 0.2) is 70.2 Å². The first-order valence-corrected chi connectivity index (χ1v) is 12.3. The minimum Gasteiger partial charge on any atom is -0.454 e. The molecule has 5 rings (SSSR count). The van der Waals surface area contributed by atoms with E-state index in [1.807, 2.05) is 18.2 Å². The molecule has 8 nitrogen and oxygen atoms in total. The van der Waals surface area contributed by atoms with Crippen molar-refractivity contribution in [3.8, 4) is 22.5 Å². The molecule has 1 saturated heterocycles. The largest absolute Gasteiger partial charge is 0.454 e. The number of benzene rings is 1. The van der Waals surface area contributed by atoms with Crippen LogP contribution in [0.5, 0.6) is 0 Å². The number of sulfone groups is 1. The first kappa shape index (κ1) is 21.3. The zero-order chi connectivity index (χ0) is 23.0. The topological polar surface area (TPSA) is 103 Å². The van der Waals surface area contributed by atoms with Crippen molar-refractivity contribution in [2.24, 2.45) is 0 Å². The van der Waals surface area contributed by atoms with E-state index in [-0.39, 0.29) is 10.8 Å². The highest BCUT2D eigenvalue weighted by Crippen LogP contribution is 2.34. The normalized spacial score (nSPS) is 14.5. The molecule has 0 radical (unpaired) electrons. The average molecular weight is 464 g/mol. The van der Waals surface area contributed by atoms with Crippen molar-refractivity contribution in [3.63, 3.8) is 0 Å². The SMILES string of the molecule is CS(=O)(=O)c1ccc(-c2cc3nccc(-c4ccnc(C(=O)N5CCOCC5)c4)c3o2)cc1. The Kier molecular flexibility index (Phi) is 5.43. The highest BCUT2D eigenvalue weighted by Gasteiger charge is 2.21. The summed E-state index contributed by atoms with van der Waals surface area (Å²) in [5.74, 6) is 0.445. The number of ether oxygens (including phenoxy) is 1. The molecule has 0 aliphatic carbocycles. The number of morpholine rings is 1. The molecule has 0 N–H and O–H groups in total. The fourth-order valence-corrected chi connectivity index (χ4v) is 4.45. The molecule has 1 amide bonds. The first-order chi connectivity index (χ1) is 15.9. The standard InChI is InChI=1S/C24H21N3O5S/c1-33(29,30)18-4-2-16(3-5-18)22-15-20-23(32-22)19(7-9-25-20)17-6-8-26-21(14-17)24(28)27-10-12-31-13-11-27/h2-9,14-15H,10-13H2,1H3. The molecule has 0 unspecified atom stereocenters. The first-order valence-electron chi connectivity index (χ1n) is 10.4. The predicted molar refractivity (Wildman–Crippen MR) is 123 cm³/mol. The number of pyridine rings is 2. The molecular weight excluding hydrogens is 442 g/mol. The van der Waals surface area contributed by atoms with Gasteiger partial charge in [-0.3, -0.25) is 14.8 Å². The molecule has 3 aromatic heterocycles. The minimum atomic E-state index is -3.28. The Morgan fingerprint density at radius 2 is 1.67 bits per heavy atom. The summed E-state index contributed by atoms with van der Waals surface area (Å²) in [4.78, 5) is 23.5. The fraction of sp³-hybridized carbons (Fsp3) is 0.208. The second-order valence-electron chi connectivity index (χ2n) is 7.81. The van der Waals surface area contributed by atoms with Crippen LogP contribution in [0.25, 0.3) is 33.6 Å². The third kappa shape index (κ3) is 4.24. The van der Waals surface area contributed by atoms with E-state index in [0.717, 1.165) is 16.7 Å². The molecule has 4 heterocycles. The van der Waals surface area contributed by atoms with Gasteiger partial charge in [0.2, 0.25) is 0 Å². The van der Waals surface area contributed by atoms with Gasteiger partial charge in [0.25, 0.3) is 5.91 Å². The van der Waals surface area contributed by atoms with Gasteiger partial charge < -0.3 is 14.1 Å². The van der Waals surface area contributed by atoms with Gasteiger partial charge in [0, 0.05) is 48.9 Å². The number of carbonyl (C=O) groups excluding carboxylic acids is 1. The molecule has 1 aliphatic heterocycles. The van der Waals surface area contributed by atoms with Crippen molar-refractivity contribution >= 4 is 26.8 Å². The second kappa shape index (κ2) is 8.42. The highest BCUT2D eigenvalue weighted by atomic mass is 32.2. The van der Waals surface area contributed by atoms with Gasteiger partial charge in [-0.15, -0.1) is 0 Å². The molecule has 9 heteroatoms. The van der Waals surface area contributed by atoms with Crippen molar-refractivity contribution in [3.05, 3.63) is 66.6 Å². The monoisotopic (exact) mass is 463 g/mol. The van der Waals surface area contributed by atoms with Gasteiger partial charge in [-0.05, 0) is 48.0 Å². The quantitative estimate of drug-likeness (QED) is 0.457. The predicted octanol–water partition coefficient (Wildman–Crippen LogP) is 3.43. The molecule has 0 saturated carbocycles. The summed E-state index contributed by atoms with van der Waals surface area (Å²) >= 11 is 0. The summed E-state index contributed by atoms with van der Waals surface area (Å²) < 4.78 is 34.9. The lowest BCUT2D eigenvalue weighted by Gasteiger charge is -2.26. The lowest BCUT2D eigenvalue weighted by atomic mass is 10.1. The number of hydrogen-bond acceptors (Lipinski definition) is 7. The summed E-state index contributed by atoms with van der Waals surface area (Å²) in [6, 6.07) is 13.8. The van der Waals surface area contributed by atoms with E-state index in [0.29, 0.717) is 48.9 Å². The van der Waals surface area contributed by atoms with Gasteiger partial charge in [-0.1, -0.05) is 0 Å². The van der Waals surface area contributed by atoms with Crippen LogP contribution in [0.4, 0.5) is 0 Å². The van der Waals surface area contributed by atoms with Crippen molar-refractivity contribution in [2.45, 2.75) is 4.90 Å². The van der Waals surface area contributed by atoms with E-state index < -0.39 is 9.84 Å². The second-order valence-corrected chi connectivity index (χ2v) is 9.83. The Morgan fingerprint density at radius 3 is 2.39 bits per heavy atom. The molecular formula is C24H21N3O5S. The summed E-state index contributed by atoms with van der Waals surface area (Å²) in [5.41, 5.74) is 3.93. The molecule has 4 aromatic rings. The van der Waals surface area contributed by atoms with E-state index in [1.165, 1.54) is 6.26 Å². The smallest absolute Gasteiger partial charge is 0.272 e. The molecule has 1 aromatic carbocycles. The van der Waals surface area contributed by atoms with Gasteiger partial charge in [-0.2, -0.15) is 0 Å². The number of hydrogen-bond donors (Lipinski definition) is 0. The molecule has 0 bridgehead atoms. The zero-order valence-corrected chi connectivity index (χ0v) is 18.7. The minimum absolute atomic E-state index is 0.128. The van der Waals surface area contributed by atoms with Crippen molar-refractivity contribution < 1.29 is 22.4 Å². The maximum absolute atomic E-state index is 12.9. The number of furan rings is 1. The maximum atomic E-state index is 12.9. The Bertz CT molecular complexity index is 1440. The average Bonchev–Trinajstić information content (AvgIpc) is 3.28. The summed E-state index contributed by atoms with van der Waals surface area (Å²) in [7, 11) is -3.28. The number of carbonyl (C=O) groups is 1. The number of nitrogens with zero attached hydrogens (tertiary/aromatic N) is 3. The Morgan fingerprint density at radius 1 is 0.939 bits per heavy atom. The lowest BCUT2D eigenvalue weighted by molar-refractivity contribution is 0.0299. The number of fused-ring (bicyclic) bond motifs is 1. The number of amides is 1. The van der Waals surface area contributed by atoms with Gasteiger partial charge in [0.05, 0.1) is 18.1 Å². The Balaban J connectivity index is 1.51. The van der Waals surface area contributed by atoms with Crippen LogP contribution in [0.2, 0.25) is 0 Å². The van der Waals surface area contributed by atoms with E-state index in [4.69, 9.17) is 9.15 Å². The van der Waals surface area contributed by atoms with Crippen LogP contribution < -0.4 is 0 Å². The van der Waals surface area contributed by atoms with E-state index in [2.05, 4.69) is 9.97 Å². The van der Waals surface area contributed by atoms with Crippen LogP contribution in [0.1, 0.15) is 10.5 Å². The third-order valence-corrected chi connectivity index (χ3v) is 6.70. The van der Waals surface area contributed by atoms with Gasteiger partial charge >= 0.3 is 0 Å². The Labute approximate surface area is 190 Å². The molecule has 1 fully saturated rings. The molecule has 0 spiro atoms. The summed E-state index contributed by atoms with van der Waals surface area (Å²) in [6.45, 7) is 2.14. The van der Waals surface area contributed by atoms with E-state index >= 15 is 0 Å². The number of aromatic nitrogens is 2. The summed E-state index contributed by atoms with van der Waals surface area (Å²) in [6.07, 6.45) is 4.48. The van der Waals surface area contributed by atoms with Gasteiger partial charge in [0.15, 0.2) is 15.4 Å². The van der Waals surface area contributed by atoms with E-state index in [9.17, 15) is 13.2 Å². The third-order valence-electron chi connectivity index (χ3n) is 5.57. The molecule has 1 aliphatic rings. The van der Waals surface area contributed by atoms with E-state index in [1.54, 1.807) is 47.6 Å². The van der Waals surface area contributed by atoms with Crippen LogP contribution in [0, 0.1) is 0 Å². The Hall–Kier alpha value is -3.56. The van der Waals surface area contributed by atoms with Crippen molar-refractivity contribution in [1.29, 1.82) is 0 Å². The van der Waals surface area contributed by atoms with Gasteiger partial charge in [0.1, 0.15) is 17.0 Å². The van der Waals surface area contributed by atoms with Crippen LogP contribution in [0.3, 0.4) is 0 Å². The molecule has 33 heavy (non-hydrogen) atoms. The van der Waals surface area contributed by atoms with Crippen molar-refractivity contribution in [1.82, 2.24) is 14.9 Å². The summed E-state index contributed by atoms with van der Waals surface area (Å²) in [5, 5.41) is 0. The zero-order valence-electron chi connectivity index (χ0n) is 17.9.